The number of aliphatic hydroxyl groups excluding tert-OH is 1. The maximum atomic E-state index is 9.05. The number of aromatic nitrogens is 2. The smallest absolute Gasteiger partial charge is 0.0925 e. The second-order valence-corrected chi connectivity index (χ2v) is 5.79. The summed E-state index contributed by atoms with van der Waals surface area (Å²) in [7, 11) is 0. The van der Waals surface area contributed by atoms with Gasteiger partial charge in [-0.1, -0.05) is 12.1 Å². The Bertz CT molecular complexity index is 728. The lowest BCUT2D eigenvalue weighted by Crippen LogP contribution is -2.29. The number of aliphatic hydroxyl groups is 1. The van der Waals surface area contributed by atoms with Crippen LogP contribution >= 0.6 is 0 Å². The first-order valence-corrected chi connectivity index (χ1v) is 7.50. The summed E-state index contributed by atoms with van der Waals surface area (Å²) in [5, 5.41) is 9.05. The molecule has 0 unspecified atom stereocenters. The zero-order chi connectivity index (χ0) is 15.5. The van der Waals surface area contributed by atoms with Crippen LogP contribution in [-0.2, 0) is 0 Å². The number of nitrogens with zero attached hydrogens (tertiary/aromatic N) is 3. The number of benzene rings is 1. The van der Waals surface area contributed by atoms with Crippen LogP contribution in [0.25, 0.3) is 16.6 Å². The molecule has 0 spiro atoms. The van der Waals surface area contributed by atoms with E-state index in [1.807, 2.05) is 31.2 Å². The molecule has 0 saturated heterocycles. The van der Waals surface area contributed by atoms with Crippen LogP contribution in [0.4, 0.5) is 0 Å². The highest BCUT2D eigenvalue weighted by atomic mass is 16.3. The van der Waals surface area contributed by atoms with Crippen molar-refractivity contribution in [3.05, 3.63) is 41.9 Å². The molecule has 114 valence electrons. The third-order valence-corrected chi connectivity index (χ3v) is 4.03. The van der Waals surface area contributed by atoms with E-state index in [9.17, 15) is 0 Å². The van der Waals surface area contributed by atoms with Crippen LogP contribution in [0.3, 0.4) is 0 Å². The van der Waals surface area contributed by atoms with Crippen molar-refractivity contribution in [3.8, 4) is 0 Å². The van der Waals surface area contributed by atoms with Gasteiger partial charge in [0, 0.05) is 24.1 Å². The standard InChI is InChI=1S/C17H20N4O/c1-11(18)14(8-19-13-6-12(7-13)10-22)17-9-20-15-4-2-3-5-16(15)21-17/h2-5,8-9,12-13,22H,6-7,10,18H2,1H3. The number of para-hydroxylation sites is 2. The number of hydrogen-bond donors (Lipinski definition) is 2. The quantitative estimate of drug-likeness (QED) is 0.847. The molecule has 5 heteroatoms. The molecule has 1 heterocycles. The lowest BCUT2D eigenvalue weighted by Gasteiger charge is -2.30. The molecule has 5 nitrogen and oxygen atoms in total. The number of nitrogens with two attached hydrogens (primary N) is 1. The molecule has 2 aromatic rings. The van der Waals surface area contributed by atoms with Crippen LogP contribution in [0.15, 0.2) is 41.2 Å². The van der Waals surface area contributed by atoms with E-state index < -0.39 is 0 Å². The Morgan fingerprint density at radius 3 is 2.77 bits per heavy atom. The second-order valence-electron chi connectivity index (χ2n) is 5.79. The topological polar surface area (TPSA) is 84.4 Å². The highest BCUT2D eigenvalue weighted by molar-refractivity contribution is 6.10. The molecule has 0 amide bonds. The molecule has 1 aliphatic carbocycles. The van der Waals surface area contributed by atoms with Gasteiger partial charge in [0.25, 0.3) is 0 Å². The van der Waals surface area contributed by atoms with Crippen LogP contribution in [0.5, 0.6) is 0 Å². The van der Waals surface area contributed by atoms with Gasteiger partial charge in [-0.15, -0.1) is 0 Å². The predicted octanol–water partition coefficient (Wildman–Crippen LogP) is 2.16. The number of rotatable bonds is 4. The van der Waals surface area contributed by atoms with Gasteiger partial charge >= 0.3 is 0 Å². The monoisotopic (exact) mass is 296 g/mol. The predicted molar refractivity (Wildman–Crippen MR) is 88.4 cm³/mol. The maximum Gasteiger partial charge on any atom is 0.0925 e. The zero-order valence-corrected chi connectivity index (χ0v) is 12.6. The van der Waals surface area contributed by atoms with Crippen LogP contribution in [0, 0.1) is 5.92 Å². The van der Waals surface area contributed by atoms with Crippen molar-refractivity contribution in [1.82, 2.24) is 9.97 Å². The molecule has 3 rings (SSSR count). The molecule has 0 aliphatic heterocycles. The Labute approximate surface area is 129 Å². The van der Waals surface area contributed by atoms with E-state index in [4.69, 9.17) is 10.8 Å². The summed E-state index contributed by atoms with van der Waals surface area (Å²) < 4.78 is 0. The van der Waals surface area contributed by atoms with Crippen molar-refractivity contribution in [3.63, 3.8) is 0 Å². The van der Waals surface area contributed by atoms with Crippen molar-refractivity contribution >= 4 is 22.8 Å². The summed E-state index contributed by atoms with van der Waals surface area (Å²) in [4.78, 5) is 13.6. The molecular weight excluding hydrogens is 276 g/mol. The summed E-state index contributed by atoms with van der Waals surface area (Å²) in [6.07, 6.45) is 5.41. The minimum atomic E-state index is 0.251. The molecule has 0 atom stereocenters. The Hall–Kier alpha value is -2.27. The largest absolute Gasteiger partial charge is 0.402 e. The van der Waals surface area contributed by atoms with Crippen molar-refractivity contribution in [1.29, 1.82) is 0 Å². The minimum absolute atomic E-state index is 0.251. The van der Waals surface area contributed by atoms with E-state index in [0.29, 0.717) is 11.6 Å². The average Bonchev–Trinajstić information content (AvgIpc) is 2.49. The third kappa shape index (κ3) is 2.99. The SMILES string of the molecule is CC(N)=C(C=NC1CC(CO)C1)c1cnc2ccccc2n1. The molecule has 1 aliphatic rings. The Balaban J connectivity index is 1.84. The number of fused-ring (bicyclic) bond motifs is 1. The van der Waals surface area contributed by atoms with Gasteiger partial charge in [0.05, 0.1) is 29.0 Å². The molecular formula is C17H20N4O. The normalized spacial score (nSPS) is 22.6. The molecule has 1 fully saturated rings. The lowest BCUT2D eigenvalue weighted by molar-refractivity contribution is 0.145. The third-order valence-electron chi connectivity index (χ3n) is 4.03. The van der Waals surface area contributed by atoms with Gasteiger partial charge < -0.3 is 10.8 Å². The molecule has 1 aromatic heterocycles. The zero-order valence-electron chi connectivity index (χ0n) is 12.6. The fourth-order valence-corrected chi connectivity index (χ4v) is 2.61. The van der Waals surface area contributed by atoms with Crippen LogP contribution in [0.2, 0.25) is 0 Å². The van der Waals surface area contributed by atoms with Gasteiger partial charge in [0.2, 0.25) is 0 Å². The fourth-order valence-electron chi connectivity index (χ4n) is 2.61. The first-order chi connectivity index (χ1) is 10.7. The first kappa shape index (κ1) is 14.7. The minimum Gasteiger partial charge on any atom is -0.402 e. The summed E-state index contributed by atoms with van der Waals surface area (Å²) in [6, 6.07) is 8.03. The van der Waals surface area contributed by atoms with Gasteiger partial charge in [0.15, 0.2) is 0 Å². The van der Waals surface area contributed by atoms with Crippen LogP contribution in [-0.4, -0.2) is 33.9 Å². The summed E-state index contributed by atoms with van der Waals surface area (Å²) in [6.45, 7) is 2.09. The van der Waals surface area contributed by atoms with E-state index in [0.717, 1.165) is 35.1 Å². The molecule has 0 bridgehead atoms. The van der Waals surface area contributed by atoms with Gasteiger partial charge in [-0.3, -0.25) is 9.98 Å². The van der Waals surface area contributed by atoms with E-state index in [1.54, 1.807) is 12.4 Å². The highest BCUT2D eigenvalue weighted by Crippen LogP contribution is 2.29. The lowest BCUT2D eigenvalue weighted by atomic mass is 9.81. The molecule has 0 radical (unpaired) electrons. The number of hydrogen-bond acceptors (Lipinski definition) is 5. The Kier molecular flexibility index (Phi) is 4.15. The fraction of sp³-hybridized carbons (Fsp3) is 0.353. The van der Waals surface area contributed by atoms with Gasteiger partial charge in [-0.2, -0.15) is 0 Å². The summed E-state index contributed by atoms with van der Waals surface area (Å²) in [5.41, 5.74) is 9.92. The van der Waals surface area contributed by atoms with Crippen molar-refractivity contribution in [2.24, 2.45) is 16.6 Å². The van der Waals surface area contributed by atoms with Crippen molar-refractivity contribution in [2.75, 3.05) is 6.61 Å². The maximum absolute atomic E-state index is 9.05. The van der Waals surface area contributed by atoms with E-state index in [-0.39, 0.29) is 12.6 Å². The van der Waals surface area contributed by atoms with Crippen LogP contribution < -0.4 is 5.73 Å². The van der Waals surface area contributed by atoms with Crippen molar-refractivity contribution in [2.45, 2.75) is 25.8 Å². The van der Waals surface area contributed by atoms with Gasteiger partial charge in [-0.25, -0.2) is 4.98 Å². The average molecular weight is 296 g/mol. The number of aliphatic imine (C=N–C) groups is 1. The van der Waals surface area contributed by atoms with Crippen LogP contribution in [0.1, 0.15) is 25.5 Å². The molecule has 22 heavy (non-hydrogen) atoms. The summed E-state index contributed by atoms with van der Waals surface area (Å²) in [5.74, 6) is 0.397. The highest BCUT2D eigenvalue weighted by Gasteiger charge is 2.27. The first-order valence-electron chi connectivity index (χ1n) is 7.50. The van der Waals surface area contributed by atoms with E-state index >= 15 is 0 Å². The van der Waals surface area contributed by atoms with E-state index in [2.05, 4.69) is 15.0 Å². The second kappa shape index (κ2) is 6.23. The number of allylic oxidation sites excluding steroid dienone is 2. The summed E-state index contributed by atoms with van der Waals surface area (Å²) >= 11 is 0. The Morgan fingerprint density at radius 1 is 1.36 bits per heavy atom. The van der Waals surface area contributed by atoms with Crippen molar-refractivity contribution < 1.29 is 5.11 Å². The Morgan fingerprint density at radius 2 is 2.09 bits per heavy atom. The van der Waals surface area contributed by atoms with Gasteiger partial charge in [0.1, 0.15) is 0 Å². The molecule has 1 aromatic carbocycles. The molecule has 3 N–H and O–H groups in total. The van der Waals surface area contributed by atoms with Gasteiger partial charge in [-0.05, 0) is 37.8 Å². The molecule has 1 saturated carbocycles. The van der Waals surface area contributed by atoms with E-state index in [1.165, 1.54) is 0 Å².